The van der Waals surface area contributed by atoms with Crippen molar-refractivity contribution in [1.82, 2.24) is 15.1 Å². The third kappa shape index (κ3) is 3.43. The summed E-state index contributed by atoms with van der Waals surface area (Å²) >= 11 is 0. The minimum Gasteiger partial charge on any atom is -0.480 e. The number of rotatable bonds is 4. The Morgan fingerprint density at radius 1 is 1.18 bits per heavy atom. The molecule has 5 nitrogen and oxygen atoms in total. The van der Waals surface area contributed by atoms with Crippen molar-refractivity contribution in [1.29, 1.82) is 0 Å². The average Bonchev–Trinajstić information content (AvgIpc) is 2.56. The maximum absolute atomic E-state index is 5.85. The van der Waals surface area contributed by atoms with Gasteiger partial charge in [-0.05, 0) is 18.6 Å². The molecule has 2 aromatic rings. The van der Waals surface area contributed by atoms with Gasteiger partial charge in [0.15, 0.2) is 0 Å². The SMILES string of the molecule is COc1ccc(CN2C[C@H](C)OC[C@H]2c2ccccc2)nn1. The topological polar surface area (TPSA) is 47.5 Å². The largest absolute Gasteiger partial charge is 0.480 e. The fraction of sp³-hybridized carbons (Fsp3) is 0.412. The molecule has 0 spiro atoms. The number of benzene rings is 1. The van der Waals surface area contributed by atoms with E-state index < -0.39 is 0 Å². The zero-order valence-corrected chi connectivity index (χ0v) is 13.0. The van der Waals surface area contributed by atoms with Gasteiger partial charge < -0.3 is 9.47 Å². The molecule has 0 N–H and O–H groups in total. The molecule has 1 aromatic carbocycles. The second kappa shape index (κ2) is 6.85. The van der Waals surface area contributed by atoms with Crippen LogP contribution in [0.2, 0.25) is 0 Å². The van der Waals surface area contributed by atoms with Gasteiger partial charge in [0.25, 0.3) is 0 Å². The molecule has 1 aliphatic heterocycles. The highest BCUT2D eigenvalue weighted by Gasteiger charge is 2.28. The van der Waals surface area contributed by atoms with Crippen LogP contribution in [0.15, 0.2) is 42.5 Å². The van der Waals surface area contributed by atoms with Crippen LogP contribution in [0, 0.1) is 0 Å². The molecule has 22 heavy (non-hydrogen) atoms. The van der Waals surface area contributed by atoms with Crippen LogP contribution < -0.4 is 4.74 Å². The van der Waals surface area contributed by atoms with E-state index in [9.17, 15) is 0 Å². The summed E-state index contributed by atoms with van der Waals surface area (Å²) in [5, 5.41) is 8.29. The molecular formula is C17H21N3O2. The first-order valence-corrected chi connectivity index (χ1v) is 7.53. The number of hydrogen-bond donors (Lipinski definition) is 0. The van der Waals surface area contributed by atoms with Crippen LogP contribution in [0.3, 0.4) is 0 Å². The Balaban J connectivity index is 1.77. The third-order valence-electron chi connectivity index (χ3n) is 3.92. The molecule has 0 unspecified atom stereocenters. The van der Waals surface area contributed by atoms with Crippen LogP contribution in [-0.4, -0.2) is 41.5 Å². The van der Waals surface area contributed by atoms with Gasteiger partial charge in [-0.1, -0.05) is 30.3 Å². The molecule has 2 heterocycles. The predicted molar refractivity (Wildman–Crippen MR) is 83.6 cm³/mol. The lowest BCUT2D eigenvalue weighted by Gasteiger charge is -2.38. The number of hydrogen-bond acceptors (Lipinski definition) is 5. The van der Waals surface area contributed by atoms with Crippen molar-refractivity contribution < 1.29 is 9.47 Å². The standard InChI is InChI=1S/C17H21N3O2/c1-13-10-20(11-15-8-9-17(21-2)19-18-15)16(12-22-13)14-6-4-3-5-7-14/h3-9,13,16H,10-12H2,1-2H3/t13-,16-/m0/s1. The van der Waals surface area contributed by atoms with E-state index >= 15 is 0 Å². The van der Waals surface area contributed by atoms with Crippen molar-refractivity contribution >= 4 is 0 Å². The van der Waals surface area contributed by atoms with Gasteiger partial charge in [-0.2, -0.15) is 5.10 Å². The van der Waals surface area contributed by atoms with E-state index in [4.69, 9.17) is 9.47 Å². The Labute approximate surface area is 130 Å². The quantitative estimate of drug-likeness (QED) is 0.868. The van der Waals surface area contributed by atoms with E-state index in [0.29, 0.717) is 12.5 Å². The van der Waals surface area contributed by atoms with E-state index in [-0.39, 0.29) is 12.1 Å². The zero-order chi connectivity index (χ0) is 15.4. The molecule has 2 atom stereocenters. The molecule has 5 heteroatoms. The molecule has 0 aliphatic carbocycles. The molecule has 0 radical (unpaired) electrons. The van der Waals surface area contributed by atoms with Gasteiger partial charge in [0, 0.05) is 19.2 Å². The predicted octanol–water partition coefficient (Wildman–Crippen LogP) is 2.45. The summed E-state index contributed by atoms with van der Waals surface area (Å²) < 4.78 is 10.9. The van der Waals surface area contributed by atoms with Crippen molar-refractivity contribution in [2.45, 2.75) is 25.6 Å². The lowest BCUT2D eigenvalue weighted by Crippen LogP contribution is -2.43. The number of morpholine rings is 1. The monoisotopic (exact) mass is 299 g/mol. The molecule has 1 saturated heterocycles. The van der Waals surface area contributed by atoms with Crippen LogP contribution in [0.25, 0.3) is 0 Å². The Bertz CT molecular complexity index is 589. The van der Waals surface area contributed by atoms with Gasteiger partial charge in [0.1, 0.15) is 0 Å². The number of ether oxygens (including phenoxy) is 2. The first kappa shape index (κ1) is 14.9. The number of aromatic nitrogens is 2. The lowest BCUT2D eigenvalue weighted by molar-refractivity contribution is -0.0602. The molecule has 1 aliphatic rings. The molecule has 3 rings (SSSR count). The highest BCUT2D eigenvalue weighted by molar-refractivity contribution is 5.20. The van der Waals surface area contributed by atoms with E-state index in [1.54, 1.807) is 7.11 Å². The van der Waals surface area contributed by atoms with Gasteiger partial charge in [-0.25, -0.2) is 0 Å². The molecule has 0 bridgehead atoms. The van der Waals surface area contributed by atoms with Crippen LogP contribution >= 0.6 is 0 Å². The van der Waals surface area contributed by atoms with Gasteiger partial charge in [0.05, 0.1) is 31.6 Å². The number of nitrogens with zero attached hydrogens (tertiary/aromatic N) is 3. The second-order valence-corrected chi connectivity index (χ2v) is 5.57. The van der Waals surface area contributed by atoms with Crippen molar-refractivity contribution in [2.24, 2.45) is 0 Å². The van der Waals surface area contributed by atoms with Crippen molar-refractivity contribution in [3.8, 4) is 5.88 Å². The molecular weight excluding hydrogens is 278 g/mol. The molecule has 0 amide bonds. The Morgan fingerprint density at radius 2 is 2.00 bits per heavy atom. The average molecular weight is 299 g/mol. The second-order valence-electron chi connectivity index (χ2n) is 5.57. The van der Waals surface area contributed by atoms with Gasteiger partial charge in [-0.15, -0.1) is 5.10 Å². The van der Waals surface area contributed by atoms with Gasteiger partial charge in [-0.3, -0.25) is 4.90 Å². The number of methoxy groups -OCH3 is 1. The maximum Gasteiger partial charge on any atom is 0.233 e. The summed E-state index contributed by atoms with van der Waals surface area (Å²) in [6, 6.07) is 14.5. The molecule has 1 aromatic heterocycles. The summed E-state index contributed by atoms with van der Waals surface area (Å²) in [6.45, 7) is 4.44. The van der Waals surface area contributed by atoms with Crippen molar-refractivity contribution in [3.63, 3.8) is 0 Å². The van der Waals surface area contributed by atoms with E-state index in [2.05, 4.69) is 46.3 Å². The van der Waals surface area contributed by atoms with Crippen molar-refractivity contribution in [2.75, 3.05) is 20.3 Å². The minimum absolute atomic E-state index is 0.228. The van der Waals surface area contributed by atoms with Crippen LogP contribution in [0.4, 0.5) is 0 Å². The Kier molecular flexibility index (Phi) is 4.65. The normalized spacial score (nSPS) is 22.5. The summed E-state index contributed by atoms with van der Waals surface area (Å²) in [6.07, 6.45) is 0.228. The van der Waals surface area contributed by atoms with E-state index in [0.717, 1.165) is 18.8 Å². The smallest absolute Gasteiger partial charge is 0.233 e. The van der Waals surface area contributed by atoms with Gasteiger partial charge >= 0.3 is 0 Å². The van der Waals surface area contributed by atoms with Crippen molar-refractivity contribution in [3.05, 3.63) is 53.7 Å². The fourth-order valence-electron chi connectivity index (χ4n) is 2.78. The molecule has 0 saturated carbocycles. The summed E-state index contributed by atoms with van der Waals surface area (Å²) in [7, 11) is 1.60. The van der Waals surface area contributed by atoms with Crippen LogP contribution in [0.1, 0.15) is 24.2 Å². The van der Waals surface area contributed by atoms with E-state index in [1.165, 1.54) is 5.56 Å². The Morgan fingerprint density at radius 3 is 2.68 bits per heavy atom. The summed E-state index contributed by atoms with van der Waals surface area (Å²) in [5.74, 6) is 0.540. The maximum atomic E-state index is 5.85. The first-order valence-electron chi connectivity index (χ1n) is 7.53. The molecule has 1 fully saturated rings. The third-order valence-corrected chi connectivity index (χ3v) is 3.92. The Hall–Kier alpha value is -1.98. The first-order chi connectivity index (χ1) is 10.8. The highest BCUT2D eigenvalue weighted by Crippen LogP contribution is 2.27. The highest BCUT2D eigenvalue weighted by atomic mass is 16.5. The molecule has 116 valence electrons. The summed E-state index contributed by atoms with van der Waals surface area (Å²) in [5.41, 5.74) is 2.21. The summed E-state index contributed by atoms with van der Waals surface area (Å²) in [4.78, 5) is 2.40. The minimum atomic E-state index is 0.228. The zero-order valence-electron chi connectivity index (χ0n) is 13.0. The van der Waals surface area contributed by atoms with E-state index in [1.807, 2.05) is 18.2 Å². The lowest BCUT2D eigenvalue weighted by atomic mass is 10.0. The van der Waals surface area contributed by atoms with Gasteiger partial charge in [0.2, 0.25) is 5.88 Å². The van der Waals surface area contributed by atoms with Crippen LogP contribution in [-0.2, 0) is 11.3 Å². The fourth-order valence-corrected chi connectivity index (χ4v) is 2.78. The van der Waals surface area contributed by atoms with Crippen LogP contribution in [0.5, 0.6) is 5.88 Å².